The normalized spacial score (nSPS) is 13.5. The molecule has 0 amide bonds. The van der Waals surface area contributed by atoms with E-state index in [1.807, 2.05) is 0 Å². The number of hydrogen-bond acceptors (Lipinski definition) is 10. The average Bonchev–Trinajstić information content (AvgIpc) is 3.42. The van der Waals surface area contributed by atoms with Gasteiger partial charge in [-0.2, -0.15) is 13.1 Å². The van der Waals surface area contributed by atoms with Gasteiger partial charge < -0.3 is 15.7 Å². The van der Waals surface area contributed by atoms with E-state index >= 15 is 0 Å². The molecular weight excluding hydrogens is 499 g/mol. The summed E-state index contributed by atoms with van der Waals surface area (Å²) < 4.78 is 36.0. The monoisotopic (exact) mass is 529 g/mol. The maximum Gasteiger partial charge on any atom is 0.256 e. The highest BCUT2D eigenvalue weighted by molar-refractivity contribution is 7.91. The molecule has 8 nitrogen and oxygen atoms in total. The zero-order chi connectivity index (χ0) is 24.6. The summed E-state index contributed by atoms with van der Waals surface area (Å²) in [6, 6.07) is 4.22. The van der Waals surface area contributed by atoms with E-state index in [9.17, 15) is 13.5 Å². The topological polar surface area (TPSA) is 107 Å². The van der Waals surface area contributed by atoms with Gasteiger partial charge in [0.05, 0.1) is 23.5 Å². The van der Waals surface area contributed by atoms with Gasteiger partial charge in [0.2, 0.25) is 0 Å². The number of anilines is 3. The Morgan fingerprint density at radius 2 is 1.73 bits per heavy atom. The maximum atomic E-state index is 13.0. The van der Waals surface area contributed by atoms with Crippen LogP contribution in [0.25, 0.3) is 0 Å². The van der Waals surface area contributed by atoms with E-state index in [-0.39, 0.29) is 21.4 Å². The molecule has 0 spiro atoms. The van der Waals surface area contributed by atoms with Crippen LogP contribution in [0.4, 0.5) is 17.3 Å². The van der Waals surface area contributed by atoms with Gasteiger partial charge in [-0.3, -0.25) is 0 Å². The molecule has 3 rings (SSSR count). The third-order valence-corrected chi connectivity index (χ3v) is 10.5. The highest BCUT2D eigenvalue weighted by Gasteiger charge is 2.32. The highest BCUT2D eigenvalue weighted by Crippen LogP contribution is 2.45. The fourth-order valence-electron chi connectivity index (χ4n) is 3.45. The van der Waals surface area contributed by atoms with Gasteiger partial charge in [-0.25, -0.2) is 8.42 Å². The van der Waals surface area contributed by atoms with E-state index in [4.69, 9.17) is 0 Å². The average molecular weight is 530 g/mol. The number of aromatic nitrogens is 2. The van der Waals surface area contributed by atoms with Crippen LogP contribution >= 0.6 is 34.4 Å². The first-order chi connectivity index (χ1) is 15.4. The van der Waals surface area contributed by atoms with Gasteiger partial charge in [-0.15, -0.1) is 22.7 Å². The lowest BCUT2D eigenvalue weighted by Gasteiger charge is -2.31. The second kappa shape index (κ2) is 9.87. The standard InChI is InChI=1S/C21H31N5O3S4/c1-8-26(9-2)33(28,29)20-16(27)15(13(4)31-20)22-18-19(25-32-24-18)23-17(21(5,6)7)14-11-10-12(3)30-14/h10-11,17,27H,8-9H2,1-7H3,(H,22,24)(H,23,25)/t17-/m0/s1. The molecule has 0 unspecified atom stereocenters. The third-order valence-electron chi connectivity index (χ3n) is 5.23. The molecule has 3 heterocycles. The van der Waals surface area contributed by atoms with Crippen LogP contribution in [0.15, 0.2) is 16.3 Å². The van der Waals surface area contributed by atoms with Crippen molar-refractivity contribution in [2.45, 2.75) is 58.7 Å². The first-order valence-corrected chi connectivity index (χ1v) is 14.4. The Bertz CT molecular complexity index is 1200. The Kier molecular flexibility index (Phi) is 7.74. The van der Waals surface area contributed by atoms with Crippen molar-refractivity contribution in [3.05, 3.63) is 26.8 Å². The number of rotatable bonds is 9. The molecule has 12 heteroatoms. The van der Waals surface area contributed by atoms with Crippen LogP contribution in [-0.4, -0.2) is 39.7 Å². The number of nitrogens with one attached hydrogen (secondary N) is 2. The number of nitrogens with zero attached hydrogens (tertiary/aromatic N) is 3. The summed E-state index contributed by atoms with van der Waals surface area (Å²) in [6.45, 7) is 14.5. The van der Waals surface area contributed by atoms with Crippen LogP contribution < -0.4 is 10.6 Å². The summed E-state index contributed by atoms with van der Waals surface area (Å²) in [5, 5.41) is 17.5. The van der Waals surface area contributed by atoms with E-state index in [1.165, 1.54) is 14.1 Å². The second-order valence-corrected chi connectivity index (χ2v) is 13.9. The van der Waals surface area contributed by atoms with Crippen LogP contribution in [0.3, 0.4) is 0 Å². The Morgan fingerprint density at radius 1 is 1.09 bits per heavy atom. The quantitative estimate of drug-likeness (QED) is 0.314. The van der Waals surface area contributed by atoms with E-state index in [0.29, 0.717) is 35.3 Å². The Balaban J connectivity index is 1.93. The molecular formula is C21H31N5O3S4. The van der Waals surface area contributed by atoms with Crippen molar-refractivity contribution >= 4 is 61.7 Å². The minimum Gasteiger partial charge on any atom is -0.504 e. The molecule has 1 atom stereocenters. The molecule has 0 saturated carbocycles. The van der Waals surface area contributed by atoms with Gasteiger partial charge in [0, 0.05) is 27.7 Å². The van der Waals surface area contributed by atoms with Gasteiger partial charge in [0.15, 0.2) is 21.6 Å². The van der Waals surface area contributed by atoms with Gasteiger partial charge in [0.25, 0.3) is 10.0 Å². The summed E-state index contributed by atoms with van der Waals surface area (Å²) >= 11 is 3.83. The van der Waals surface area contributed by atoms with Crippen LogP contribution in [0.5, 0.6) is 5.75 Å². The Labute approximate surface area is 208 Å². The van der Waals surface area contributed by atoms with Gasteiger partial charge >= 0.3 is 0 Å². The van der Waals surface area contributed by atoms with Crippen molar-refractivity contribution in [3.8, 4) is 5.75 Å². The smallest absolute Gasteiger partial charge is 0.256 e. The van der Waals surface area contributed by atoms with Crippen molar-refractivity contribution in [2.24, 2.45) is 5.41 Å². The highest BCUT2D eigenvalue weighted by atomic mass is 32.2. The van der Waals surface area contributed by atoms with E-state index in [0.717, 1.165) is 23.1 Å². The molecule has 0 saturated heterocycles. The molecule has 0 aliphatic carbocycles. The number of thiophene rings is 2. The molecule has 0 aliphatic heterocycles. The van der Waals surface area contributed by atoms with Gasteiger partial charge in [-0.05, 0) is 31.4 Å². The SMILES string of the molecule is CCN(CC)S(=O)(=O)c1sc(C)c(Nc2nsnc2N[C@@H](c2ccc(C)s2)C(C)(C)C)c1O. The first-order valence-electron chi connectivity index (χ1n) is 10.6. The number of hydrogen-bond donors (Lipinski definition) is 3. The van der Waals surface area contributed by atoms with Crippen molar-refractivity contribution in [1.29, 1.82) is 0 Å². The van der Waals surface area contributed by atoms with Gasteiger partial charge in [-0.1, -0.05) is 34.6 Å². The summed E-state index contributed by atoms with van der Waals surface area (Å²) in [6.07, 6.45) is 0. The number of sulfonamides is 1. The predicted octanol–water partition coefficient (Wildman–Crippen LogP) is 5.96. The van der Waals surface area contributed by atoms with Crippen molar-refractivity contribution in [1.82, 2.24) is 13.1 Å². The van der Waals surface area contributed by atoms with E-state index in [1.54, 1.807) is 32.1 Å². The van der Waals surface area contributed by atoms with Crippen LogP contribution in [0.1, 0.15) is 55.3 Å². The first kappa shape index (κ1) is 25.9. The predicted molar refractivity (Wildman–Crippen MR) is 139 cm³/mol. The van der Waals surface area contributed by atoms with Crippen molar-refractivity contribution < 1.29 is 13.5 Å². The fourth-order valence-corrected chi connectivity index (χ4v) is 8.20. The molecule has 0 aromatic carbocycles. The van der Waals surface area contributed by atoms with E-state index < -0.39 is 10.0 Å². The lowest BCUT2D eigenvalue weighted by Crippen LogP contribution is -2.30. The summed E-state index contributed by atoms with van der Waals surface area (Å²) in [5.41, 5.74) is 0.240. The lowest BCUT2D eigenvalue weighted by atomic mass is 9.86. The molecule has 3 aromatic heterocycles. The van der Waals surface area contributed by atoms with Crippen LogP contribution in [0, 0.1) is 19.3 Å². The van der Waals surface area contributed by atoms with Crippen LogP contribution in [-0.2, 0) is 10.0 Å². The van der Waals surface area contributed by atoms with Gasteiger partial charge in [0.1, 0.15) is 0 Å². The minimum absolute atomic E-state index is 0.00331. The number of aromatic hydroxyl groups is 1. The third kappa shape index (κ3) is 5.35. The zero-order valence-corrected chi connectivity index (χ0v) is 23.2. The number of aryl methyl sites for hydroxylation is 2. The Morgan fingerprint density at radius 3 is 2.27 bits per heavy atom. The zero-order valence-electron chi connectivity index (χ0n) is 19.9. The van der Waals surface area contributed by atoms with Crippen molar-refractivity contribution in [2.75, 3.05) is 23.7 Å². The minimum atomic E-state index is -3.78. The maximum absolute atomic E-state index is 13.0. The molecule has 182 valence electrons. The summed E-state index contributed by atoms with van der Waals surface area (Å²) in [4.78, 5) is 3.08. The van der Waals surface area contributed by atoms with E-state index in [2.05, 4.69) is 59.2 Å². The molecule has 0 fully saturated rings. The fraction of sp³-hybridized carbons (Fsp3) is 0.524. The molecule has 0 bridgehead atoms. The van der Waals surface area contributed by atoms with Crippen molar-refractivity contribution in [3.63, 3.8) is 0 Å². The molecule has 3 N–H and O–H groups in total. The molecule has 3 aromatic rings. The lowest BCUT2D eigenvalue weighted by molar-refractivity contribution is 0.351. The largest absolute Gasteiger partial charge is 0.504 e. The molecule has 0 radical (unpaired) electrons. The summed E-state index contributed by atoms with van der Waals surface area (Å²) in [5.74, 6) is 0.722. The van der Waals surface area contributed by atoms with Crippen LogP contribution in [0.2, 0.25) is 0 Å². The summed E-state index contributed by atoms with van der Waals surface area (Å²) in [7, 11) is -3.78. The molecule has 0 aliphatic rings. The Hall–Kier alpha value is -1.73. The molecule has 33 heavy (non-hydrogen) atoms. The second-order valence-electron chi connectivity index (χ2n) is 8.74.